The lowest BCUT2D eigenvalue weighted by Gasteiger charge is -2.19. The maximum absolute atomic E-state index is 11.8. The summed E-state index contributed by atoms with van der Waals surface area (Å²) >= 11 is 5.67. The molecular formula is C13H18ClN3O. The first-order valence-electron chi connectivity index (χ1n) is 6.34. The number of halogens is 1. The first-order chi connectivity index (χ1) is 8.70. The zero-order valence-electron chi connectivity index (χ0n) is 10.5. The zero-order valence-corrected chi connectivity index (χ0v) is 11.3. The van der Waals surface area contributed by atoms with Crippen LogP contribution in [0.4, 0.5) is 0 Å². The molecule has 98 valence electrons. The van der Waals surface area contributed by atoms with Crippen molar-refractivity contribution in [2.45, 2.75) is 25.8 Å². The Hall–Kier alpha value is -1.13. The summed E-state index contributed by atoms with van der Waals surface area (Å²) in [6.07, 6.45) is 4.09. The molecule has 1 aromatic rings. The van der Waals surface area contributed by atoms with Gasteiger partial charge in [-0.1, -0.05) is 18.5 Å². The molecule has 0 atom stereocenters. The van der Waals surface area contributed by atoms with Gasteiger partial charge in [0.15, 0.2) is 0 Å². The van der Waals surface area contributed by atoms with E-state index in [-0.39, 0.29) is 5.91 Å². The number of carbonyl (C=O) groups excluding carboxylic acids is 1. The van der Waals surface area contributed by atoms with E-state index in [0.717, 1.165) is 19.1 Å². The molecular weight excluding hydrogens is 250 g/mol. The van der Waals surface area contributed by atoms with Crippen LogP contribution in [0.15, 0.2) is 18.3 Å². The molecule has 1 amide bonds. The van der Waals surface area contributed by atoms with Gasteiger partial charge in [0.25, 0.3) is 5.91 Å². The molecule has 1 aromatic heterocycles. The minimum Gasteiger partial charge on any atom is -0.351 e. The van der Waals surface area contributed by atoms with E-state index >= 15 is 0 Å². The van der Waals surface area contributed by atoms with Crippen LogP contribution in [-0.4, -0.2) is 41.5 Å². The Morgan fingerprint density at radius 2 is 2.33 bits per heavy atom. The summed E-state index contributed by atoms with van der Waals surface area (Å²) in [6.45, 7) is 4.78. The number of hydrogen-bond acceptors (Lipinski definition) is 3. The molecule has 0 spiro atoms. The molecule has 0 bridgehead atoms. The number of nitrogens with zero attached hydrogens (tertiary/aromatic N) is 2. The lowest BCUT2D eigenvalue weighted by Crippen LogP contribution is -2.36. The number of likely N-dealkylation sites (N-methyl/N-ethyl adjacent to an activating group) is 1. The van der Waals surface area contributed by atoms with Crippen LogP contribution in [0.25, 0.3) is 0 Å². The van der Waals surface area contributed by atoms with Crippen LogP contribution in [0.1, 0.15) is 30.1 Å². The van der Waals surface area contributed by atoms with Crippen LogP contribution in [0, 0.1) is 0 Å². The third-order valence-corrected chi connectivity index (χ3v) is 3.37. The molecule has 5 heteroatoms. The smallest absolute Gasteiger partial charge is 0.252 e. The van der Waals surface area contributed by atoms with Crippen LogP contribution < -0.4 is 5.32 Å². The highest BCUT2D eigenvalue weighted by molar-refractivity contribution is 6.29. The van der Waals surface area contributed by atoms with E-state index in [1.54, 1.807) is 12.1 Å². The van der Waals surface area contributed by atoms with E-state index < -0.39 is 0 Å². The fraction of sp³-hybridized carbons (Fsp3) is 0.538. The fourth-order valence-corrected chi connectivity index (χ4v) is 2.08. The highest BCUT2D eigenvalue weighted by Gasteiger charge is 2.27. The van der Waals surface area contributed by atoms with Crippen molar-refractivity contribution in [3.63, 3.8) is 0 Å². The van der Waals surface area contributed by atoms with Crippen molar-refractivity contribution >= 4 is 17.5 Å². The molecule has 1 aliphatic carbocycles. The zero-order chi connectivity index (χ0) is 13.0. The van der Waals surface area contributed by atoms with Gasteiger partial charge in [-0.15, -0.1) is 0 Å². The van der Waals surface area contributed by atoms with E-state index in [4.69, 9.17) is 11.6 Å². The molecule has 0 aliphatic heterocycles. The van der Waals surface area contributed by atoms with Gasteiger partial charge in [0, 0.05) is 25.3 Å². The summed E-state index contributed by atoms with van der Waals surface area (Å²) in [7, 11) is 0. The summed E-state index contributed by atoms with van der Waals surface area (Å²) in [5.41, 5.74) is 0.550. The summed E-state index contributed by atoms with van der Waals surface area (Å²) in [5.74, 6) is -0.0917. The Kier molecular flexibility index (Phi) is 4.55. The topological polar surface area (TPSA) is 45.2 Å². The molecule has 0 unspecified atom stereocenters. The summed E-state index contributed by atoms with van der Waals surface area (Å²) in [4.78, 5) is 18.1. The van der Waals surface area contributed by atoms with Crippen LogP contribution in [0.5, 0.6) is 0 Å². The van der Waals surface area contributed by atoms with E-state index in [1.165, 1.54) is 19.0 Å². The van der Waals surface area contributed by atoms with Gasteiger partial charge in [-0.25, -0.2) is 4.98 Å². The molecule has 1 heterocycles. The van der Waals surface area contributed by atoms with Crippen molar-refractivity contribution in [2.24, 2.45) is 0 Å². The van der Waals surface area contributed by atoms with Crippen molar-refractivity contribution < 1.29 is 4.79 Å². The van der Waals surface area contributed by atoms with Gasteiger partial charge >= 0.3 is 0 Å². The fourth-order valence-electron chi connectivity index (χ4n) is 1.96. The van der Waals surface area contributed by atoms with Crippen molar-refractivity contribution in [1.29, 1.82) is 0 Å². The molecule has 2 rings (SSSR count). The van der Waals surface area contributed by atoms with Gasteiger partial charge in [-0.3, -0.25) is 9.69 Å². The molecule has 1 N–H and O–H groups in total. The van der Waals surface area contributed by atoms with Crippen molar-refractivity contribution in [1.82, 2.24) is 15.2 Å². The molecule has 1 fully saturated rings. The minimum absolute atomic E-state index is 0.0917. The van der Waals surface area contributed by atoms with Crippen LogP contribution in [0.3, 0.4) is 0 Å². The van der Waals surface area contributed by atoms with E-state index in [1.807, 2.05) is 0 Å². The highest BCUT2D eigenvalue weighted by atomic mass is 35.5. The first-order valence-corrected chi connectivity index (χ1v) is 6.72. The number of carbonyl (C=O) groups is 1. The van der Waals surface area contributed by atoms with Crippen LogP contribution in [0.2, 0.25) is 5.15 Å². The molecule has 4 nitrogen and oxygen atoms in total. The first kappa shape index (κ1) is 13.3. The van der Waals surface area contributed by atoms with E-state index in [0.29, 0.717) is 17.3 Å². The average Bonchev–Trinajstić information content (AvgIpc) is 3.19. The molecule has 0 saturated heterocycles. The summed E-state index contributed by atoms with van der Waals surface area (Å²) in [5, 5.41) is 3.30. The van der Waals surface area contributed by atoms with Crippen molar-refractivity contribution in [2.75, 3.05) is 19.6 Å². The number of rotatable bonds is 6. The van der Waals surface area contributed by atoms with Gasteiger partial charge in [0.1, 0.15) is 5.15 Å². The third kappa shape index (κ3) is 3.68. The second kappa shape index (κ2) is 6.16. The second-order valence-corrected chi connectivity index (χ2v) is 4.87. The molecule has 1 aliphatic rings. The Balaban J connectivity index is 1.75. The number of pyridine rings is 1. The molecule has 0 radical (unpaired) electrons. The van der Waals surface area contributed by atoms with Crippen molar-refractivity contribution in [3.8, 4) is 0 Å². The van der Waals surface area contributed by atoms with Gasteiger partial charge in [-0.2, -0.15) is 0 Å². The van der Waals surface area contributed by atoms with Gasteiger partial charge in [0.05, 0.1) is 5.56 Å². The van der Waals surface area contributed by atoms with Crippen LogP contribution >= 0.6 is 11.6 Å². The van der Waals surface area contributed by atoms with Gasteiger partial charge in [0.2, 0.25) is 0 Å². The summed E-state index contributed by atoms with van der Waals surface area (Å²) < 4.78 is 0. The monoisotopic (exact) mass is 267 g/mol. The SMILES string of the molecule is CCN(CCNC(=O)c1ccc(Cl)nc1)C1CC1. The van der Waals surface area contributed by atoms with E-state index in [2.05, 4.69) is 22.1 Å². The average molecular weight is 268 g/mol. The Labute approximate surface area is 112 Å². The highest BCUT2D eigenvalue weighted by Crippen LogP contribution is 2.25. The van der Waals surface area contributed by atoms with Crippen molar-refractivity contribution in [3.05, 3.63) is 29.0 Å². The molecule has 1 saturated carbocycles. The number of aromatic nitrogens is 1. The van der Waals surface area contributed by atoms with E-state index in [9.17, 15) is 4.79 Å². The lowest BCUT2D eigenvalue weighted by molar-refractivity contribution is 0.0947. The normalized spacial score (nSPS) is 14.8. The largest absolute Gasteiger partial charge is 0.351 e. The molecule has 18 heavy (non-hydrogen) atoms. The quantitative estimate of drug-likeness (QED) is 0.802. The predicted octanol–water partition coefficient (Wildman–Crippen LogP) is 1.95. The number of hydrogen-bond donors (Lipinski definition) is 1. The van der Waals surface area contributed by atoms with Gasteiger partial charge in [-0.05, 0) is 31.5 Å². The third-order valence-electron chi connectivity index (χ3n) is 3.14. The Morgan fingerprint density at radius 1 is 1.56 bits per heavy atom. The second-order valence-electron chi connectivity index (χ2n) is 4.49. The lowest BCUT2D eigenvalue weighted by atomic mass is 10.3. The molecule has 0 aromatic carbocycles. The number of amides is 1. The maximum Gasteiger partial charge on any atom is 0.252 e. The predicted molar refractivity (Wildman–Crippen MR) is 71.8 cm³/mol. The minimum atomic E-state index is -0.0917. The van der Waals surface area contributed by atoms with Crippen LogP contribution in [-0.2, 0) is 0 Å². The Bertz CT molecular complexity index is 403. The number of nitrogens with one attached hydrogen (secondary N) is 1. The van der Waals surface area contributed by atoms with Gasteiger partial charge < -0.3 is 5.32 Å². The standard InChI is InChI=1S/C13H18ClN3O/c1-2-17(11-4-5-11)8-7-15-13(18)10-3-6-12(14)16-9-10/h3,6,9,11H,2,4-5,7-8H2,1H3,(H,15,18). The maximum atomic E-state index is 11.8. The Morgan fingerprint density at radius 3 is 2.89 bits per heavy atom. The summed E-state index contributed by atoms with van der Waals surface area (Å²) in [6, 6.07) is 4.05.